The molecule has 1 unspecified atom stereocenters. The molecule has 112 valence electrons. The van der Waals surface area contributed by atoms with Crippen LogP contribution in [0.1, 0.15) is 25.7 Å². The predicted molar refractivity (Wildman–Crippen MR) is 79.7 cm³/mol. The smallest absolute Gasteiger partial charge is 0.246 e. The molecule has 20 heavy (non-hydrogen) atoms. The van der Waals surface area contributed by atoms with Crippen LogP contribution >= 0.6 is 23.2 Å². The minimum atomic E-state index is -3.69. The molecule has 0 amide bonds. The van der Waals surface area contributed by atoms with E-state index in [1.807, 2.05) is 0 Å². The van der Waals surface area contributed by atoms with E-state index in [1.54, 1.807) is 6.07 Å². The molecule has 1 heterocycles. The molecule has 1 aliphatic rings. The summed E-state index contributed by atoms with van der Waals surface area (Å²) in [4.78, 5) is -0.0146. The second-order valence-electron chi connectivity index (χ2n) is 4.83. The lowest BCUT2D eigenvalue weighted by Gasteiger charge is -2.24. The second kappa shape index (κ2) is 6.62. The Kier molecular flexibility index (Phi) is 5.31. The van der Waals surface area contributed by atoms with Gasteiger partial charge in [-0.3, -0.25) is 0 Å². The summed E-state index contributed by atoms with van der Waals surface area (Å²) in [6.07, 6.45) is 2.86. The van der Waals surface area contributed by atoms with Gasteiger partial charge in [0.15, 0.2) is 0 Å². The molecule has 1 atom stereocenters. The molecular formula is C13H17Cl2NO3S. The number of aliphatic hydroxyl groups excluding tert-OH is 1. The highest BCUT2D eigenvalue weighted by Crippen LogP contribution is 2.35. The molecule has 0 radical (unpaired) electrons. The number of sulfonamides is 1. The Labute approximate surface area is 129 Å². The average molecular weight is 338 g/mol. The van der Waals surface area contributed by atoms with Crippen molar-refractivity contribution >= 4 is 33.2 Å². The van der Waals surface area contributed by atoms with Crippen LogP contribution in [0.5, 0.6) is 0 Å². The topological polar surface area (TPSA) is 57.6 Å². The van der Waals surface area contributed by atoms with E-state index >= 15 is 0 Å². The van der Waals surface area contributed by atoms with Gasteiger partial charge in [0.05, 0.1) is 10.0 Å². The molecule has 7 heteroatoms. The Morgan fingerprint density at radius 1 is 1.30 bits per heavy atom. The minimum absolute atomic E-state index is 0.0146. The molecule has 1 aromatic carbocycles. The van der Waals surface area contributed by atoms with Gasteiger partial charge in [-0.2, -0.15) is 4.31 Å². The predicted octanol–water partition coefficient (Wildman–Crippen LogP) is 2.92. The largest absolute Gasteiger partial charge is 0.396 e. The third-order valence-corrected chi connectivity index (χ3v) is 6.41. The molecule has 1 aromatic rings. The van der Waals surface area contributed by atoms with Crippen LogP contribution in [0.15, 0.2) is 23.1 Å². The maximum Gasteiger partial charge on any atom is 0.246 e. The van der Waals surface area contributed by atoms with Crippen molar-refractivity contribution in [2.24, 2.45) is 0 Å². The van der Waals surface area contributed by atoms with E-state index < -0.39 is 10.0 Å². The summed E-state index contributed by atoms with van der Waals surface area (Å²) in [6.45, 7) is 0.539. The van der Waals surface area contributed by atoms with E-state index in [0.29, 0.717) is 19.4 Å². The first-order valence-electron chi connectivity index (χ1n) is 6.55. The number of hydrogen-bond acceptors (Lipinski definition) is 3. The molecule has 0 saturated carbocycles. The lowest BCUT2D eigenvalue weighted by atomic mass is 10.1. The molecule has 0 aliphatic carbocycles. The standard InChI is InChI=1S/C13H17Cl2NO3S/c14-11-6-1-7-12(15)13(11)20(18,19)16-8-2-4-10(16)5-3-9-17/h1,6-7,10,17H,2-5,8-9H2. The molecule has 1 fully saturated rings. The van der Waals surface area contributed by atoms with Crippen LogP contribution in [0, 0.1) is 0 Å². The zero-order chi connectivity index (χ0) is 14.8. The van der Waals surface area contributed by atoms with E-state index in [-0.39, 0.29) is 27.6 Å². The maximum absolute atomic E-state index is 12.7. The number of benzene rings is 1. The number of aliphatic hydroxyl groups is 1. The van der Waals surface area contributed by atoms with Crippen LogP contribution in [0.2, 0.25) is 10.0 Å². The molecule has 4 nitrogen and oxygen atoms in total. The Bertz CT molecular complexity index is 557. The van der Waals surface area contributed by atoms with Crippen molar-refractivity contribution in [1.29, 1.82) is 0 Å². The summed E-state index contributed by atoms with van der Waals surface area (Å²) in [5, 5.41) is 9.20. The Morgan fingerprint density at radius 2 is 1.95 bits per heavy atom. The summed E-state index contributed by atoms with van der Waals surface area (Å²) in [6, 6.07) is 4.59. The van der Waals surface area contributed by atoms with Crippen LogP contribution in [0.4, 0.5) is 0 Å². The molecule has 1 N–H and O–H groups in total. The van der Waals surface area contributed by atoms with Crippen LogP contribution < -0.4 is 0 Å². The summed E-state index contributed by atoms with van der Waals surface area (Å²) in [5.41, 5.74) is 0. The normalized spacial score (nSPS) is 20.4. The lowest BCUT2D eigenvalue weighted by Crippen LogP contribution is -2.36. The summed E-state index contributed by atoms with van der Waals surface area (Å²) in [7, 11) is -3.69. The van der Waals surface area contributed by atoms with Gasteiger partial charge in [-0.15, -0.1) is 0 Å². The molecule has 0 aromatic heterocycles. The fraction of sp³-hybridized carbons (Fsp3) is 0.538. The van der Waals surface area contributed by atoms with Crippen LogP contribution in [0.3, 0.4) is 0 Å². The van der Waals surface area contributed by atoms with Gasteiger partial charge >= 0.3 is 0 Å². The van der Waals surface area contributed by atoms with Crippen molar-refractivity contribution in [3.63, 3.8) is 0 Å². The van der Waals surface area contributed by atoms with Crippen LogP contribution in [-0.4, -0.2) is 37.0 Å². The van der Waals surface area contributed by atoms with Crippen molar-refractivity contribution in [2.45, 2.75) is 36.6 Å². The van der Waals surface area contributed by atoms with E-state index in [1.165, 1.54) is 16.4 Å². The fourth-order valence-corrected chi connectivity index (χ4v) is 5.41. The Hall–Kier alpha value is -0.330. The first-order chi connectivity index (χ1) is 9.48. The van der Waals surface area contributed by atoms with Gasteiger partial charge in [-0.05, 0) is 37.8 Å². The van der Waals surface area contributed by atoms with E-state index in [2.05, 4.69) is 0 Å². The highest BCUT2D eigenvalue weighted by atomic mass is 35.5. The van der Waals surface area contributed by atoms with E-state index in [9.17, 15) is 8.42 Å². The first kappa shape index (κ1) is 16.0. The third-order valence-electron chi connectivity index (χ3n) is 3.50. The number of hydrogen-bond donors (Lipinski definition) is 1. The van der Waals surface area contributed by atoms with Gasteiger partial charge in [-0.1, -0.05) is 29.3 Å². The van der Waals surface area contributed by atoms with Gasteiger partial charge in [0.25, 0.3) is 0 Å². The second-order valence-corrected chi connectivity index (χ2v) is 7.47. The SMILES string of the molecule is O=S(=O)(c1c(Cl)cccc1Cl)N1CCCC1CCCO. The zero-order valence-corrected chi connectivity index (χ0v) is 13.3. The third kappa shape index (κ3) is 3.12. The molecule has 1 saturated heterocycles. The zero-order valence-electron chi connectivity index (χ0n) is 10.9. The average Bonchev–Trinajstić information content (AvgIpc) is 2.84. The van der Waals surface area contributed by atoms with E-state index in [0.717, 1.165) is 12.8 Å². The Morgan fingerprint density at radius 3 is 2.55 bits per heavy atom. The van der Waals surface area contributed by atoms with E-state index in [4.69, 9.17) is 28.3 Å². The van der Waals surface area contributed by atoms with Crippen LogP contribution in [-0.2, 0) is 10.0 Å². The van der Waals surface area contributed by atoms with Gasteiger partial charge in [0.1, 0.15) is 4.90 Å². The quantitative estimate of drug-likeness (QED) is 0.898. The number of nitrogens with zero attached hydrogens (tertiary/aromatic N) is 1. The van der Waals surface area contributed by atoms with Gasteiger partial charge in [0.2, 0.25) is 10.0 Å². The molecular weight excluding hydrogens is 321 g/mol. The molecule has 1 aliphatic heterocycles. The maximum atomic E-state index is 12.7. The van der Waals surface area contributed by atoms with Crippen molar-refractivity contribution < 1.29 is 13.5 Å². The lowest BCUT2D eigenvalue weighted by molar-refractivity contribution is 0.264. The van der Waals surface area contributed by atoms with Gasteiger partial charge < -0.3 is 5.11 Å². The van der Waals surface area contributed by atoms with Crippen molar-refractivity contribution in [3.8, 4) is 0 Å². The van der Waals surface area contributed by atoms with Crippen molar-refractivity contribution in [2.75, 3.05) is 13.2 Å². The van der Waals surface area contributed by atoms with Crippen molar-refractivity contribution in [3.05, 3.63) is 28.2 Å². The summed E-state index contributed by atoms with van der Waals surface area (Å²) >= 11 is 12.0. The molecule has 0 bridgehead atoms. The number of rotatable bonds is 5. The highest BCUT2D eigenvalue weighted by molar-refractivity contribution is 7.89. The highest BCUT2D eigenvalue weighted by Gasteiger charge is 2.37. The summed E-state index contributed by atoms with van der Waals surface area (Å²) in [5.74, 6) is 0. The minimum Gasteiger partial charge on any atom is -0.396 e. The van der Waals surface area contributed by atoms with Crippen LogP contribution in [0.25, 0.3) is 0 Å². The van der Waals surface area contributed by atoms with Crippen molar-refractivity contribution in [1.82, 2.24) is 4.31 Å². The number of halogens is 2. The molecule has 2 rings (SSSR count). The Balaban J connectivity index is 2.34. The molecule has 0 spiro atoms. The summed E-state index contributed by atoms with van der Waals surface area (Å²) < 4.78 is 27.0. The fourth-order valence-electron chi connectivity index (χ4n) is 2.59. The van der Waals surface area contributed by atoms with Gasteiger partial charge in [0, 0.05) is 19.2 Å². The van der Waals surface area contributed by atoms with Gasteiger partial charge in [-0.25, -0.2) is 8.42 Å². The monoisotopic (exact) mass is 337 g/mol. The first-order valence-corrected chi connectivity index (χ1v) is 8.75.